The quantitative estimate of drug-likeness (QED) is 0.560. The maximum atomic E-state index is 5.75. The third-order valence-corrected chi connectivity index (χ3v) is 5.11. The first-order valence-electron chi connectivity index (χ1n) is 5.10. The summed E-state index contributed by atoms with van der Waals surface area (Å²) >= 11 is 4.06. The van der Waals surface area contributed by atoms with Crippen LogP contribution < -0.4 is 11.1 Å². The second-order valence-corrected chi connectivity index (χ2v) is 6.27. The van der Waals surface area contributed by atoms with Crippen LogP contribution in [0, 0.1) is 0 Å². The predicted molar refractivity (Wildman–Crippen MR) is 66.2 cm³/mol. The van der Waals surface area contributed by atoms with Gasteiger partial charge in [0.15, 0.2) is 5.96 Å². The molecule has 1 aliphatic carbocycles. The molecule has 1 unspecified atom stereocenters. The first kappa shape index (κ1) is 10.5. The Bertz CT molecular complexity index is 210. The zero-order valence-corrected chi connectivity index (χ0v) is 9.87. The van der Waals surface area contributed by atoms with Crippen molar-refractivity contribution in [3.8, 4) is 0 Å². The number of hydrogen-bond acceptors (Lipinski definition) is 3. The first-order valence-corrected chi connectivity index (χ1v) is 7.31. The SMILES string of the molecule is NC(=NCC1CSCCS1)NC1CC1. The summed E-state index contributed by atoms with van der Waals surface area (Å²) in [5, 5.41) is 3.88. The van der Waals surface area contributed by atoms with E-state index in [9.17, 15) is 0 Å². The molecule has 1 atom stereocenters. The molecule has 0 amide bonds. The van der Waals surface area contributed by atoms with Gasteiger partial charge in [-0.3, -0.25) is 4.99 Å². The number of nitrogens with two attached hydrogens (primary N) is 1. The highest BCUT2D eigenvalue weighted by Gasteiger charge is 2.21. The molecular weight excluding hydrogens is 214 g/mol. The van der Waals surface area contributed by atoms with Gasteiger partial charge in [-0.2, -0.15) is 23.5 Å². The smallest absolute Gasteiger partial charge is 0.188 e. The minimum atomic E-state index is 0.618. The van der Waals surface area contributed by atoms with E-state index in [2.05, 4.69) is 10.3 Å². The van der Waals surface area contributed by atoms with Gasteiger partial charge in [0.2, 0.25) is 0 Å². The van der Waals surface area contributed by atoms with Gasteiger partial charge in [-0.05, 0) is 12.8 Å². The largest absolute Gasteiger partial charge is 0.370 e. The summed E-state index contributed by atoms with van der Waals surface area (Å²) in [6.45, 7) is 0.878. The van der Waals surface area contributed by atoms with E-state index in [1.54, 1.807) is 0 Å². The lowest BCUT2D eigenvalue weighted by Crippen LogP contribution is -2.34. The summed E-state index contributed by atoms with van der Waals surface area (Å²) in [5.74, 6) is 4.43. The molecule has 0 aromatic heterocycles. The van der Waals surface area contributed by atoms with Gasteiger partial charge < -0.3 is 11.1 Å². The summed E-state index contributed by atoms with van der Waals surface area (Å²) in [6, 6.07) is 0.618. The molecule has 0 radical (unpaired) electrons. The van der Waals surface area contributed by atoms with Crippen LogP contribution in [0.4, 0.5) is 0 Å². The number of guanidine groups is 1. The Labute approximate surface area is 93.7 Å². The lowest BCUT2D eigenvalue weighted by Gasteiger charge is -2.19. The van der Waals surface area contributed by atoms with Crippen molar-refractivity contribution in [3.05, 3.63) is 0 Å². The molecule has 0 aromatic carbocycles. The van der Waals surface area contributed by atoms with Gasteiger partial charge in [0.1, 0.15) is 0 Å². The minimum absolute atomic E-state index is 0.618. The van der Waals surface area contributed by atoms with Crippen molar-refractivity contribution in [2.75, 3.05) is 23.8 Å². The third kappa shape index (κ3) is 3.61. The molecule has 0 bridgehead atoms. The van der Waals surface area contributed by atoms with Crippen molar-refractivity contribution in [1.82, 2.24) is 5.32 Å². The Balaban J connectivity index is 1.67. The van der Waals surface area contributed by atoms with Crippen LogP contribution in [0.3, 0.4) is 0 Å². The zero-order chi connectivity index (χ0) is 9.80. The van der Waals surface area contributed by atoms with E-state index in [0.29, 0.717) is 17.3 Å². The molecule has 0 spiro atoms. The van der Waals surface area contributed by atoms with Gasteiger partial charge in [0.05, 0.1) is 6.54 Å². The lowest BCUT2D eigenvalue weighted by molar-refractivity contribution is 0.868. The van der Waals surface area contributed by atoms with Gasteiger partial charge >= 0.3 is 0 Å². The van der Waals surface area contributed by atoms with Gasteiger partial charge in [-0.15, -0.1) is 0 Å². The summed E-state index contributed by atoms with van der Waals surface area (Å²) in [6.07, 6.45) is 2.51. The number of thioether (sulfide) groups is 2. The summed E-state index contributed by atoms with van der Waals surface area (Å²) in [5.41, 5.74) is 5.75. The van der Waals surface area contributed by atoms with E-state index in [4.69, 9.17) is 5.73 Å². The van der Waals surface area contributed by atoms with Crippen molar-refractivity contribution in [3.63, 3.8) is 0 Å². The van der Waals surface area contributed by atoms with E-state index in [-0.39, 0.29) is 0 Å². The Morgan fingerprint density at radius 2 is 2.29 bits per heavy atom. The normalized spacial score (nSPS) is 28.9. The Kier molecular flexibility index (Phi) is 3.87. The van der Waals surface area contributed by atoms with Crippen molar-refractivity contribution >= 4 is 29.5 Å². The fourth-order valence-corrected chi connectivity index (χ4v) is 3.90. The molecule has 1 heterocycles. The zero-order valence-electron chi connectivity index (χ0n) is 8.24. The van der Waals surface area contributed by atoms with Crippen molar-refractivity contribution < 1.29 is 0 Å². The van der Waals surface area contributed by atoms with E-state index >= 15 is 0 Å². The number of hydrogen-bond donors (Lipinski definition) is 2. The fourth-order valence-electron chi connectivity index (χ4n) is 1.32. The van der Waals surface area contributed by atoms with Crippen LogP contribution in [-0.4, -0.2) is 41.1 Å². The summed E-state index contributed by atoms with van der Waals surface area (Å²) < 4.78 is 0. The average molecular weight is 231 g/mol. The molecule has 3 nitrogen and oxygen atoms in total. The molecule has 0 aromatic rings. The second-order valence-electron chi connectivity index (χ2n) is 3.71. The van der Waals surface area contributed by atoms with Gasteiger partial charge in [-0.1, -0.05) is 0 Å². The number of nitrogens with zero attached hydrogens (tertiary/aromatic N) is 1. The van der Waals surface area contributed by atoms with Crippen LogP contribution >= 0.6 is 23.5 Å². The second kappa shape index (κ2) is 5.16. The van der Waals surface area contributed by atoms with E-state index in [0.717, 1.165) is 6.54 Å². The lowest BCUT2D eigenvalue weighted by atomic mass is 10.5. The average Bonchev–Trinajstić information content (AvgIpc) is 3.00. The minimum Gasteiger partial charge on any atom is -0.370 e. The Morgan fingerprint density at radius 1 is 1.43 bits per heavy atom. The van der Waals surface area contributed by atoms with Crippen LogP contribution in [0.15, 0.2) is 4.99 Å². The third-order valence-electron chi connectivity index (χ3n) is 2.28. The molecule has 5 heteroatoms. The highest BCUT2D eigenvalue weighted by Crippen LogP contribution is 2.24. The van der Waals surface area contributed by atoms with E-state index < -0.39 is 0 Å². The van der Waals surface area contributed by atoms with E-state index in [1.165, 1.54) is 30.1 Å². The van der Waals surface area contributed by atoms with Crippen LogP contribution in [0.5, 0.6) is 0 Å². The van der Waals surface area contributed by atoms with Crippen molar-refractivity contribution in [2.24, 2.45) is 10.7 Å². The van der Waals surface area contributed by atoms with Crippen molar-refractivity contribution in [1.29, 1.82) is 0 Å². The molecule has 14 heavy (non-hydrogen) atoms. The molecular formula is C9H17N3S2. The van der Waals surface area contributed by atoms with Crippen LogP contribution in [-0.2, 0) is 0 Å². The molecule has 2 fully saturated rings. The van der Waals surface area contributed by atoms with Crippen molar-refractivity contribution in [2.45, 2.75) is 24.1 Å². The number of nitrogens with one attached hydrogen (secondary N) is 1. The maximum Gasteiger partial charge on any atom is 0.188 e. The fraction of sp³-hybridized carbons (Fsp3) is 0.889. The molecule has 2 aliphatic rings. The number of rotatable bonds is 3. The Hall–Kier alpha value is -0.0300. The van der Waals surface area contributed by atoms with Gasteiger partial charge in [0.25, 0.3) is 0 Å². The molecule has 2 rings (SSSR count). The molecule has 1 aliphatic heterocycles. The standard InChI is InChI=1S/C9H17N3S2/c10-9(12-7-1-2-7)11-5-8-6-13-3-4-14-8/h7-8H,1-6H2,(H3,10,11,12). The van der Waals surface area contributed by atoms with Crippen LogP contribution in [0.25, 0.3) is 0 Å². The first-order chi connectivity index (χ1) is 6.84. The number of aliphatic imine (C=N–C) groups is 1. The Morgan fingerprint density at radius 3 is 2.93 bits per heavy atom. The van der Waals surface area contributed by atoms with Gasteiger partial charge in [0, 0.05) is 28.6 Å². The van der Waals surface area contributed by atoms with Crippen LogP contribution in [0.2, 0.25) is 0 Å². The molecule has 1 saturated heterocycles. The van der Waals surface area contributed by atoms with E-state index in [1.807, 2.05) is 23.5 Å². The van der Waals surface area contributed by atoms with Gasteiger partial charge in [-0.25, -0.2) is 0 Å². The molecule has 3 N–H and O–H groups in total. The monoisotopic (exact) mass is 231 g/mol. The molecule has 1 saturated carbocycles. The topological polar surface area (TPSA) is 50.4 Å². The predicted octanol–water partition coefficient (Wildman–Crippen LogP) is 0.902. The maximum absolute atomic E-state index is 5.75. The summed E-state index contributed by atoms with van der Waals surface area (Å²) in [4.78, 5) is 4.38. The summed E-state index contributed by atoms with van der Waals surface area (Å²) in [7, 11) is 0. The molecule has 80 valence electrons. The highest BCUT2D eigenvalue weighted by atomic mass is 32.2. The highest BCUT2D eigenvalue weighted by molar-refractivity contribution is 8.06. The van der Waals surface area contributed by atoms with Crippen LogP contribution in [0.1, 0.15) is 12.8 Å².